The van der Waals surface area contributed by atoms with Crippen molar-refractivity contribution < 1.29 is 14.3 Å². The van der Waals surface area contributed by atoms with Crippen LogP contribution in [0.25, 0.3) is 4.96 Å². The maximum absolute atomic E-state index is 12.4. The van der Waals surface area contributed by atoms with Gasteiger partial charge >= 0.3 is 5.97 Å². The summed E-state index contributed by atoms with van der Waals surface area (Å²) >= 11 is 1.32. The normalized spacial score (nSPS) is 12.6. The van der Waals surface area contributed by atoms with Gasteiger partial charge in [-0.1, -0.05) is 32.9 Å². The lowest BCUT2D eigenvalue weighted by Crippen LogP contribution is -2.39. The predicted octanol–water partition coefficient (Wildman–Crippen LogP) is 2.92. The molecule has 1 N–H and O–H groups in total. The Morgan fingerprint density at radius 2 is 1.93 bits per heavy atom. The van der Waals surface area contributed by atoms with E-state index in [0.717, 1.165) is 5.56 Å². The zero-order chi connectivity index (χ0) is 21.2. The third-order valence-corrected chi connectivity index (χ3v) is 5.19. The molecule has 152 valence electrons. The number of nitrogens with one attached hydrogen (secondary N) is 1. The summed E-state index contributed by atoms with van der Waals surface area (Å²) in [5.41, 5.74) is 1.71. The molecule has 1 atom stereocenters. The number of hydrogen-bond donors (Lipinski definition) is 1. The number of carbonyl (C=O) groups is 2. The Balaban J connectivity index is 1.58. The molecule has 8 heteroatoms. The molecule has 0 spiro atoms. The summed E-state index contributed by atoms with van der Waals surface area (Å²) in [6.45, 7) is 7.70. The summed E-state index contributed by atoms with van der Waals surface area (Å²) in [6, 6.07) is 7.78. The number of benzene rings is 1. The van der Waals surface area contributed by atoms with E-state index in [1.807, 2.05) is 12.1 Å². The Morgan fingerprint density at radius 1 is 1.24 bits per heavy atom. The summed E-state index contributed by atoms with van der Waals surface area (Å²) in [5.74, 6) is -0.955. The number of amides is 1. The van der Waals surface area contributed by atoms with Gasteiger partial charge in [-0.15, -0.1) is 11.3 Å². The zero-order valence-electron chi connectivity index (χ0n) is 16.8. The number of ether oxygens (including phenoxy) is 1. The smallest absolute Gasteiger partial charge is 0.328 e. The molecule has 1 aromatic carbocycles. The number of nitrogens with zero attached hydrogens (tertiary/aromatic N) is 2. The summed E-state index contributed by atoms with van der Waals surface area (Å²) in [5, 5.41) is 4.38. The molecule has 29 heavy (non-hydrogen) atoms. The highest BCUT2D eigenvalue weighted by Crippen LogP contribution is 2.22. The predicted molar refractivity (Wildman–Crippen MR) is 111 cm³/mol. The van der Waals surface area contributed by atoms with Crippen molar-refractivity contribution in [3.05, 3.63) is 69.1 Å². The summed E-state index contributed by atoms with van der Waals surface area (Å²) in [7, 11) is 0. The van der Waals surface area contributed by atoms with E-state index in [1.54, 1.807) is 30.6 Å². The van der Waals surface area contributed by atoms with Crippen LogP contribution < -0.4 is 10.9 Å². The van der Waals surface area contributed by atoms with Gasteiger partial charge in [0.1, 0.15) is 12.6 Å². The lowest BCUT2D eigenvalue weighted by atomic mass is 9.86. The molecule has 0 aliphatic rings. The van der Waals surface area contributed by atoms with Crippen LogP contribution in [0.4, 0.5) is 0 Å². The lowest BCUT2D eigenvalue weighted by molar-refractivity contribution is -0.146. The molecule has 1 amide bonds. The highest BCUT2D eigenvalue weighted by molar-refractivity contribution is 7.15. The number of carbonyl (C=O) groups excluding carboxylic acids is 2. The van der Waals surface area contributed by atoms with E-state index in [0.29, 0.717) is 16.2 Å². The highest BCUT2D eigenvalue weighted by Gasteiger charge is 2.19. The van der Waals surface area contributed by atoms with Gasteiger partial charge in [-0.3, -0.25) is 14.0 Å². The zero-order valence-corrected chi connectivity index (χ0v) is 17.6. The van der Waals surface area contributed by atoms with Crippen molar-refractivity contribution in [1.82, 2.24) is 14.7 Å². The monoisotopic (exact) mass is 413 g/mol. The van der Waals surface area contributed by atoms with Gasteiger partial charge in [-0.25, -0.2) is 9.78 Å². The fourth-order valence-electron chi connectivity index (χ4n) is 2.69. The average molecular weight is 413 g/mol. The molecule has 2 aromatic heterocycles. The molecule has 3 rings (SSSR count). The third kappa shape index (κ3) is 4.89. The van der Waals surface area contributed by atoms with Crippen molar-refractivity contribution in [3.8, 4) is 0 Å². The number of esters is 1. The molecule has 0 aliphatic carbocycles. The van der Waals surface area contributed by atoms with Crippen LogP contribution in [0.2, 0.25) is 0 Å². The minimum Gasteiger partial charge on any atom is -0.458 e. The first-order valence-corrected chi connectivity index (χ1v) is 10.1. The molecule has 3 aromatic rings. The third-order valence-electron chi connectivity index (χ3n) is 4.43. The second kappa shape index (κ2) is 8.16. The maximum Gasteiger partial charge on any atom is 0.328 e. The van der Waals surface area contributed by atoms with Crippen LogP contribution in [0.15, 0.2) is 46.7 Å². The van der Waals surface area contributed by atoms with E-state index in [1.165, 1.54) is 21.8 Å². The summed E-state index contributed by atoms with van der Waals surface area (Å²) in [6.07, 6.45) is 1.64. The van der Waals surface area contributed by atoms with Gasteiger partial charge in [0.15, 0.2) is 4.96 Å². The van der Waals surface area contributed by atoms with Crippen molar-refractivity contribution in [3.63, 3.8) is 0 Å². The van der Waals surface area contributed by atoms with Crippen LogP contribution in [0.1, 0.15) is 49.3 Å². The highest BCUT2D eigenvalue weighted by atomic mass is 32.1. The number of fused-ring (bicyclic) bond motifs is 1. The van der Waals surface area contributed by atoms with Gasteiger partial charge in [0.05, 0.1) is 5.69 Å². The standard InChI is InChI=1S/C21H23N3O4S/c1-13(22-18(26)14-5-7-15(8-6-14)21(2,3)4)19(27)28-12-16-11-17(25)24-9-10-29-20(24)23-16/h5-11,13H,12H2,1-4H3,(H,22,26)/t13-/m0/s1. The van der Waals surface area contributed by atoms with Crippen LogP contribution in [0.5, 0.6) is 0 Å². The Bertz CT molecular complexity index is 1090. The Kier molecular flexibility index (Phi) is 5.83. The minimum absolute atomic E-state index is 0.00523. The first kappa shape index (κ1) is 20.7. The molecule has 0 unspecified atom stereocenters. The summed E-state index contributed by atoms with van der Waals surface area (Å²) < 4.78 is 6.63. The Labute approximate surface area is 172 Å². The van der Waals surface area contributed by atoms with Crippen molar-refractivity contribution in [2.45, 2.75) is 45.8 Å². The van der Waals surface area contributed by atoms with E-state index in [4.69, 9.17) is 4.74 Å². The average Bonchev–Trinajstić information content (AvgIpc) is 3.14. The van der Waals surface area contributed by atoms with E-state index >= 15 is 0 Å². The van der Waals surface area contributed by atoms with Crippen LogP contribution in [-0.2, 0) is 21.6 Å². The van der Waals surface area contributed by atoms with Crippen molar-refractivity contribution in [2.75, 3.05) is 0 Å². The van der Waals surface area contributed by atoms with Crippen LogP contribution in [0.3, 0.4) is 0 Å². The molecule has 7 nitrogen and oxygen atoms in total. The van der Waals surface area contributed by atoms with Crippen molar-refractivity contribution in [1.29, 1.82) is 0 Å². The van der Waals surface area contributed by atoms with Crippen LogP contribution >= 0.6 is 11.3 Å². The van der Waals surface area contributed by atoms with E-state index in [-0.39, 0.29) is 23.5 Å². The molecule has 0 saturated carbocycles. The van der Waals surface area contributed by atoms with Gasteiger partial charge in [0.2, 0.25) is 0 Å². The van der Waals surface area contributed by atoms with Crippen LogP contribution in [-0.4, -0.2) is 27.3 Å². The quantitative estimate of drug-likeness (QED) is 0.650. The Morgan fingerprint density at radius 3 is 2.59 bits per heavy atom. The molecule has 0 radical (unpaired) electrons. The van der Waals surface area contributed by atoms with Crippen molar-refractivity contribution in [2.24, 2.45) is 0 Å². The minimum atomic E-state index is -0.837. The fourth-order valence-corrected chi connectivity index (χ4v) is 3.43. The molecule has 0 fully saturated rings. The van der Waals surface area contributed by atoms with E-state index < -0.39 is 12.0 Å². The number of thiazole rings is 1. The van der Waals surface area contributed by atoms with Gasteiger partial charge in [0.25, 0.3) is 11.5 Å². The maximum atomic E-state index is 12.4. The van der Waals surface area contributed by atoms with Crippen molar-refractivity contribution >= 4 is 28.2 Å². The topological polar surface area (TPSA) is 89.8 Å². The molecule has 2 heterocycles. The Hall–Kier alpha value is -3.00. The van der Waals surface area contributed by atoms with Gasteiger partial charge in [-0.05, 0) is 30.0 Å². The first-order chi connectivity index (χ1) is 13.6. The largest absolute Gasteiger partial charge is 0.458 e. The molecule has 0 bridgehead atoms. The number of rotatable bonds is 5. The SMILES string of the molecule is C[C@H](NC(=O)c1ccc(C(C)(C)C)cc1)C(=O)OCc1cc(=O)n2ccsc2n1. The summed E-state index contributed by atoms with van der Waals surface area (Å²) in [4.78, 5) is 41.4. The molecular formula is C21H23N3O4S. The van der Waals surface area contributed by atoms with E-state index in [2.05, 4.69) is 31.1 Å². The number of aromatic nitrogens is 2. The number of hydrogen-bond acceptors (Lipinski definition) is 6. The first-order valence-electron chi connectivity index (χ1n) is 9.19. The second-order valence-electron chi connectivity index (χ2n) is 7.77. The fraction of sp³-hybridized carbons (Fsp3) is 0.333. The lowest BCUT2D eigenvalue weighted by Gasteiger charge is -2.19. The molecular weight excluding hydrogens is 390 g/mol. The van der Waals surface area contributed by atoms with Gasteiger partial charge in [0, 0.05) is 23.2 Å². The van der Waals surface area contributed by atoms with Crippen LogP contribution in [0, 0.1) is 0 Å². The second-order valence-corrected chi connectivity index (χ2v) is 8.64. The molecule has 0 aliphatic heterocycles. The van der Waals surface area contributed by atoms with E-state index in [9.17, 15) is 14.4 Å². The molecule has 0 saturated heterocycles. The van der Waals surface area contributed by atoms with Gasteiger partial charge < -0.3 is 10.1 Å². The van der Waals surface area contributed by atoms with Gasteiger partial charge in [-0.2, -0.15) is 0 Å².